The second-order valence-electron chi connectivity index (χ2n) is 7.22. The van der Waals surface area contributed by atoms with E-state index >= 15 is 0 Å². The van der Waals surface area contributed by atoms with Crippen molar-refractivity contribution >= 4 is 11.9 Å². The van der Waals surface area contributed by atoms with E-state index in [-0.39, 0.29) is 17.8 Å². The van der Waals surface area contributed by atoms with Crippen LogP contribution in [0.5, 0.6) is 0 Å². The lowest BCUT2D eigenvalue weighted by Gasteiger charge is -2.21. The first-order valence-electron chi connectivity index (χ1n) is 7.84. The van der Waals surface area contributed by atoms with Gasteiger partial charge in [-0.15, -0.1) is 0 Å². The second-order valence-corrected chi connectivity index (χ2v) is 7.22. The average molecular weight is 346 g/mol. The number of halogens is 1. The van der Waals surface area contributed by atoms with E-state index in [1.54, 1.807) is 6.92 Å². The number of nitrogens with one attached hydrogen (secondary N) is 1. The molecule has 1 aliphatic heterocycles. The van der Waals surface area contributed by atoms with Gasteiger partial charge in [0.2, 0.25) is 5.89 Å². The molecule has 132 valence electrons. The first-order valence-corrected chi connectivity index (χ1v) is 7.84. The molecule has 2 heterocycles. The lowest BCUT2D eigenvalue weighted by Crippen LogP contribution is -2.40. The van der Waals surface area contributed by atoms with Crippen LogP contribution in [0.1, 0.15) is 45.0 Å². The molecule has 25 heavy (non-hydrogen) atoms. The lowest BCUT2D eigenvalue weighted by atomic mass is 9.92. The summed E-state index contributed by atoms with van der Waals surface area (Å²) in [6.45, 7) is 7.25. The molecule has 8 heteroatoms. The number of hydrogen-bond donors (Lipinski definition) is 1. The maximum Gasteiger partial charge on any atom is 0.325 e. The van der Waals surface area contributed by atoms with Crippen LogP contribution < -0.4 is 5.32 Å². The molecule has 1 atom stereocenters. The standard InChI is InChI=1S/C17H19FN4O3/c1-16(2,3)13-19-12(21-25-13)9-22-14(23)17(4,20-15(22)24)10-5-7-11(18)8-6-10/h5-8H,9H2,1-4H3,(H,20,24)/t17-/m0/s1. The van der Waals surface area contributed by atoms with Gasteiger partial charge in [-0.1, -0.05) is 38.1 Å². The molecule has 3 amide bonds. The van der Waals surface area contributed by atoms with Crippen LogP contribution in [0.2, 0.25) is 0 Å². The Balaban J connectivity index is 1.84. The van der Waals surface area contributed by atoms with Crippen molar-refractivity contribution in [1.29, 1.82) is 0 Å². The Hall–Kier alpha value is -2.77. The molecule has 1 N–H and O–H groups in total. The van der Waals surface area contributed by atoms with Gasteiger partial charge in [0.15, 0.2) is 5.82 Å². The number of hydrogen-bond acceptors (Lipinski definition) is 5. The SMILES string of the molecule is CC(C)(C)c1nc(CN2C(=O)N[C@@](C)(c3ccc(F)cc3)C2=O)no1. The number of imide groups is 1. The molecule has 0 unspecified atom stereocenters. The summed E-state index contributed by atoms with van der Waals surface area (Å²) in [6, 6.07) is 4.89. The molecular formula is C17H19FN4O3. The Labute approximate surface area is 144 Å². The minimum atomic E-state index is -1.26. The van der Waals surface area contributed by atoms with Crippen molar-refractivity contribution in [3.63, 3.8) is 0 Å². The van der Waals surface area contributed by atoms with Gasteiger partial charge in [0.1, 0.15) is 11.4 Å². The quantitative estimate of drug-likeness (QED) is 0.863. The Kier molecular flexibility index (Phi) is 3.85. The summed E-state index contributed by atoms with van der Waals surface area (Å²) in [5.41, 5.74) is -1.09. The number of rotatable bonds is 3. The molecule has 1 saturated heterocycles. The molecule has 2 aromatic rings. The van der Waals surface area contributed by atoms with Crippen LogP contribution in [-0.4, -0.2) is 27.0 Å². The summed E-state index contributed by atoms with van der Waals surface area (Å²) < 4.78 is 18.3. The number of carbonyl (C=O) groups excluding carboxylic acids is 2. The third-order valence-electron chi connectivity index (χ3n) is 4.11. The zero-order valence-corrected chi connectivity index (χ0v) is 14.5. The van der Waals surface area contributed by atoms with Crippen molar-refractivity contribution in [3.8, 4) is 0 Å². The van der Waals surface area contributed by atoms with Gasteiger partial charge in [-0.2, -0.15) is 4.98 Å². The average Bonchev–Trinajstić information content (AvgIpc) is 3.08. The molecule has 7 nitrogen and oxygen atoms in total. The Morgan fingerprint density at radius 3 is 2.44 bits per heavy atom. The highest BCUT2D eigenvalue weighted by Gasteiger charge is 2.49. The Morgan fingerprint density at radius 1 is 1.24 bits per heavy atom. The van der Waals surface area contributed by atoms with E-state index in [1.807, 2.05) is 20.8 Å². The molecular weight excluding hydrogens is 327 g/mol. The van der Waals surface area contributed by atoms with Gasteiger partial charge in [0.25, 0.3) is 5.91 Å². The minimum absolute atomic E-state index is 0.0962. The smallest absolute Gasteiger partial charge is 0.325 e. The molecule has 1 aromatic heterocycles. The zero-order chi connectivity index (χ0) is 18.4. The van der Waals surface area contributed by atoms with Crippen LogP contribution in [0, 0.1) is 5.82 Å². The number of urea groups is 1. The van der Waals surface area contributed by atoms with Crippen molar-refractivity contribution in [2.75, 3.05) is 0 Å². The van der Waals surface area contributed by atoms with Gasteiger partial charge >= 0.3 is 6.03 Å². The number of amides is 3. The fourth-order valence-electron chi connectivity index (χ4n) is 2.58. The first kappa shape index (κ1) is 17.1. The molecule has 1 aliphatic rings. The third-order valence-corrected chi connectivity index (χ3v) is 4.11. The molecule has 0 spiro atoms. The number of benzene rings is 1. The first-order chi connectivity index (χ1) is 11.6. The lowest BCUT2D eigenvalue weighted by molar-refractivity contribution is -0.131. The number of aromatic nitrogens is 2. The van der Waals surface area contributed by atoms with Crippen LogP contribution in [-0.2, 0) is 22.3 Å². The van der Waals surface area contributed by atoms with Crippen molar-refractivity contribution in [2.45, 2.75) is 45.2 Å². The summed E-state index contributed by atoms with van der Waals surface area (Å²) in [7, 11) is 0. The maximum absolute atomic E-state index is 13.1. The van der Waals surface area contributed by atoms with Crippen LogP contribution in [0.4, 0.5) is 9.18 Å². The maximum atomic E-state index is 13.1. The highest BCUT2D eigenvalue weighted by Crippen LogP contribution is 2.30. The van der Waals surface area contributed by atoms with Crippen molar-refractivity contribution in [3.05, 3.63) is 47.4 Å². The molecule has 0 radical (unpaired) electrons. The molecule has 1 aromatic carbocycles. The van der Waals surface area contributed by atoms with Crippen LogP contribution in [0.3, 0.4) is 0 Å². The van der Waals surface area contributed by atoms with Gasteiger partial charge in [-0.05, 0) is 24.6 Å². The third kappa shape index (κ3) is 2.99. The predicted molar refractivity (Wildman–Crippen MR) is 85.8 cm³/mol. The summed E-state index contributed by atoms with van der Waals surface area (Å²) in [6.07, 6.45) is 0. The van der Waals surface area contributed by atoms with E-state index < -0.39 is 23.3 Å². The number of nitrogens with zero attached hydrogens (tertiary/aromatic N) is 3. The second kappa shape index (κ2) is 5.65. The van der Waals surface area contributed by atoms with Crippen molar-refractivity contribution in [2.24, 2.45) is 0 Å². The zero-order valence-electron chi connectivity index (χ0n) is 14.5. The van der Waals surface area contributed by atoms with Gasteiger partial charge < -0.3 is 9.84 Å². The Bertz CT molecular complexity index is 825. The fraction of sp³-hybridized carbons (Fsp3) is 0.412. The van der Waals surface area contributed by atoms with E-state index in [0.29, 0.717) is 11.5 Å². The molecule has 0 bridgehead atoms. The Morgan fingerprint density at radius 2 is 1.88 bits per heavy atom. The highest BCUT2D eigenvalue weighted by atomic mass is 19.1. The monoisotopic (exact) mass is 346 g/mol. The number of carbonyl (C=O) groups is 2. The van der Waals surface area contributed by atoms with Gasteiger partial charge in [0.05, 0.1) is 6.54 Å². The molecule has 1 fully saturated rings. The molecule has 0 aliphatic carbocycles. The molecule has 0 saturated carbocycles. The highest BCUT2D eigenvalue weighted by molar-refractivity contribution is 6.07. The van der Waals surface area contributed by atoms with Gasteiger partial charge in [0, 0.05) is 5.41 Å². The van der Waals surface area contributed by atoms with Crippen LogP contribution in [0.15, 0.2) is 28.8 Å². The summed E-state index contributed by atoms with van der Waals surface area (Å²) in [4.78, 5) is 30.3. The van der Waals surface area contributed by atoms with Gasteiger partial charge in [-0.3, -0.25) is 9.69 Å². The van der Waals surface area contributed by atoms with E-state index in [2.05, 4.69) is 15.5 Å². The normalized spacial score (nSPS) is 20.9. The topological polar surface area (TPSA) is 88.3 Å². The van der Waals surface area contributed by atoms with E-state index in [0.717, 1.165) is 4.90 Å². The van der Waals surface area contributed by atoms with Crippen LogP contribution in [0.25, 0.3) is 0 Å². The van der Waals surface area contributed by atoms with Gasteiger partial charge in [-0.25, -0.2) is 9.18 Å². The van der Waals surface area contributed by atoms with Crippen molar-refractivity contribution < 1.29 is 18.5 Å². The largest absolute Gasteiger partial charge is 0.339 e. The van der Waals surface area contributed by atoms with Crippen LogP contribution >= 0.6 is 0 Å². The summed E-state index contributed by atoms with van der Waals surface area (Å²) >= 11 is 0. The fourth-order valence-corrected chi connectivity index (χ4v) is 2.58. The summed E-state index contributed by atoms with van der Waals surface area (Å²) in [5.74, 6) is -0.193. The minimum Gasteiger partial charge on any atom is -0.339 e. The predicted octanol–water partition coefficient (Wildman–Crippen LogP) is 2.47. The van der Waals surface area contributed by atoms with E-state index in [4.69, 9.17) is 4.52 Å². The van der Waals surface area contributed by atoms with E-state index in [1.165, 1.54) is 24.3 Å². The summed E-state index contributed by atoms with van der Waals surface area (Å²) in [5, 5.41) is 6.49. The van der Waals surface area contributed by atoms with E-state index in [9.17, 15) is 14.0 Å². The molecule has 3 rings (SSSR count). The van der Waals surface area contributed by atoms with Crippen molar-refractivity contribution in [1.82, 2.24) is 20.4 Å².